The lowest BCUT2D eigenvalue weighted by molar-refractivity contribution is -0.141. The van der Waals surface area contributed by atoms with Crippen molar-refractivity contribution in [2.24, 2.45) is 5.73 Å². The van der Waals surface area contributed by atoms with Crippen LogP contribution in [0.3, 0.4) is 0 Å². The smallest absolute Gasteiger partial charge is 0.327 e. The first-order valence-electron chi connectivity index (χ1n) is 4.46. The van der Waals surface area contributed by atoms with Crippen LogP contribution in [-0.2, 0) is 9.59 Å². The molecule has 0 aromatic heterocycles. The highest BCUT2D eigenvalue weighted by molar-refractivity contribution is 7.80. The Morgan fingerprint density at radius 1 is 1.53 bits per heavy atom. The summed E-state index contributed by atoms with van der Waals surface area (Å²) in [6.07, 6.45) is -0.616. The zero-order valence-corrected chi connectivity index (χ0v) is 9.28. The molecule has 7 heteroatoms. The quantitative estimate of drug-likeness (QED) is 0.363. The number of rotatable bonds is 6. The fourth-order valence-electron chi connectivity index (χ4n) is 0.939. The molecule has 0 fully saturated rings. The zero-order chi connectivity index (χ0) is 12.0. The summed E-state index contributed by atoms with van der Waals surface area (Å²) >= 11 is 3.78. The number of aliphatic hydroxyl groups excluding tert-OH is 1. The molecule has 0 saturated heterocycles. The van der Waals surface area contributed by atoms with Crippen LogP contribution >= 0.6 is 12.6 Å². The summed E-state index contributed by atoms with van der Waals surface area (Å²) < 4.78 is 0. The van der Waals surface area contributed by atoms with Gasteiger partial charge in [-0.2, -0.15) is 12.6 Å². The molecule has 0 aliphatic carbocycles. The number of nitrogens with two attached hydrogens (primary N) is 1. The molecule has 5 N–H and O–H groups in total. The van der Waals surface area contributed by atoms with E-state index in [1.807, 2.05) is 0 Å². The molecule has 6 nitrogen and oxygen atoms in total. The van der Waals surface area contributed by atoms with Gasteiger partial charge in [0.25, 0.3) is 0 Å². The summed E-state index contributed by atoms with van der Waals surface area (Å²) in [5.41, 5.74) is 5.43. The fraction of sp³-hybridized carbons (Fsp3) is 0.750. The molecule has 0 aromatic rings. The van der Waals surface area contributed by atoms with E-state index in [2.05, 4.69) is 17.9 Å². The molecule has 0 radical (unpaired) electrons. The SMILES string of the molecule is CC(O)CC(N)C(=O)NC(CS)C(=O)O. The van der Waals surface area contributed by atoms with E-state index in [0.29, 0.717) is 0 Å². The Bertz CT molecular complexity index is 235. The van der Waals surface area contributed by atoms with E-state index < -0.39 is 30.1 Å². The van der Waals surface area contributed by atoms with Crippen LogP contribution in [0.2, 0.25) is 0 Å². The molecule has 1 amide bonds. The molecule has 3 atom stereocenters. The third-order valence-electron chi connectivity index (χ3n) is 1.73. The van der Waals surface area contributed by atoms with Crippen molar-refractivity contribution < 1.29 is 19.8 Å². The van der Waals surface area contributed by atoms with E-state index in [1.54, 1.807) is 0 Å². The topological polar surface area (TPSA) is 113 Å². The average molecular weight is 236 g/mol. The molecule has 0 saturated carbocycles. The summed E-state index contributed by atoms with van der Waals surface area (Å²) in [5.74, 6) is -1.78. The lowest BCUT2D eigenvalue weighted by Crippen LogP contribution is -2.50. The maximum atomic E-state index is 11.3. The first-order chi connectivity index (χ1) is 6.88. The van der Waals surface area contributed by atoms with Crippen LogP contribution in [0.5, 0.6) is 0 Å². The lowest BCUT2D eigenvalue weighted by atomic mass is 10.1. The van der Waals surface area contributed by atoms with Crippen molar-refractivity contribution in [3.8, 4) is 0 Å². The second kappa shape index (κ2) is 6.65. The van der Waals surface area contributed by atoms with Crippen LogP contribution in [-0.4, -0.2) is 46.0 Å². The monoisotopic (exact) mass is 236 g/mol. The summed E-state index contributed by atoms with van der Waals surface area (Å²) in [4.78, 5) is 21.9. The second-order valence-corrected chi connectivity index (χ2v) is 3.64. The van der Waals surface area contributed by atoms with Gasteiger partial charge in [0.2, 0.25) is 5.91 Å². The Morgan fingerprint density at radius 3 is 2.40 bits per heavy atom. The average Bonchev–Trinajstić information content (AvgIpc) is 2.11. The molecule has 0 heterocycles. The number of hydrogen-bond donors (Lipinski definition) is 5. The molecule has 88 valence electrons. The van der Waals surface area contributed by atoms with Crippen LogP contribution in [0, 0.1) is 0 Å². The van der Waals surface area contributed by atoms with Crippen molar-refractivity contribution in [2.75, 3.05) is 5.75 Å². The predicted molar refractivity (Wildman–Crippen MR) is 57.7 cm³/mol. The van der Waals surface area contributed by atoms with Crippen molar-refractivity contribution >= 4 is 24.5 Å². The van der Waals surface area contributed by atoms with Crippen LogP contribution in [0.4, 0.5) is 0 Å². The fourth-order valence-corrected chi connectivity index (χ4v) is 1.19. The van der Waals surface area contributed by atoms with Gasteiger partial charge in [-0.25, -0.2) is 4.79 Å². The molecule has 0 aliphatic rings. The Morgan fingerprint density at radius 2 is 2.07 bits per heavy atom. The van der Waals surface area contributed by atoms with Crippen molar-refractivity contribution in [3.63, 3.8) is 0 Å². The summed E-state index contributed by atoms with van der Waals surface area (Å²) in [7, 11) is 0. The van der Waals surface area contributed by atoms with Gasteiger partial charge in [0.15, 0.2) is 0 Å². The Labute approximate surface area is 93.3 Å². The number of aliphatic hydroxyl groups is 1. The number of carbonyl (C=O) groups is 2. The van der Waals surface area contributed by atoms with Gasteiger partial charge in [-0.05, 0) is 13.3 Å². The van der Waals surface area contributed by atoms with Gasteiger partial charge >= 0.3 is 5.97 Å². The number of hydrogen-bond acceptors (Lipinski definition) is 5. The van der Waals surface area contributed by atoms with Crippen molar-refractivity contribution in [3.05, 3.63) is 0 Å². The molecule has 15 heavy (non-hydrogen) atoms. The Kier molecular flexibility index (Phi) is 6.30. The third-order valence-corrected chi connectivity index (χ3v) is 2.09. The van der Waals surface area contributed by atoms with E-state index in [9.17, 15) is 9.59 Å². The highest BCUT2D eigenvalue weighted by Gasteiger charge is 2.22. The van der Waals surface area contributed by atoms with E-state index in [-0.39, 0.29) is 12.2 Å². The van der Waals surface area contributed by atoms with E-state index in [0.717, 1.165) is 0 Å². The molecule has 0 rings (SSSR count). The first kappa shape index (κ1) is 14.2. The normalized spacial score (nSPS) is 16.5. The highest BCUT2D eigenvalue weighted by atomic mass is 32.1. The number of aliphatic carboxylic acids is 1. The number of nitrogens with one attached hydrogen (secondary N) is 1. The molecule has 0 aliphatic heterocycles. The first-order valence-corrected chi connectivity index (χ1v) is 5.09. The van der Waals surface area contributed by atoms with Crippen molar-refractivity contribution in [2.45, 2.75) is 31.5 Å². The predicted octanol–water partition coefficient (Wildman–Crippen LogP) is -1.42. The number of thiol groups is 1. The second-order valence-electron chi connectivity index (χ2n) is 3.27. The minimum atomic E-state index is -1.16. The van der Waals surface area contributed by atoms with E-state index >= 15 is 0 Å². The minimum absolute atomic E-state index is 0.0114. The molecule has 0 aromatic carbocycles. The standard InChI is InChI=1S/C8H16N2O4S/c1-4(11)2-5(9)7(12)10-6(3-15)8(13)14/h4-6,11,15H,2-3,9H2,1H3,(H,10,12)(H,13,14). The number of carboxylic acid groups (broad SMARTS) is 1. The minimum Gasteiger partial charge on any atom is -0.480 e. The van der Waals surface area contributed by atoms with Gasteiger partial charge in [0.05, 0.1) is 12.1 Å². The largest absolute Gasteiger partial charge is 0.480 e. The molecular formula is C8H16N2O4S. The van der Waals surface area contributed by atoms with Crippen LogP contribution < -0.4 is 11.1 Å². The number of carbonyl (C=O) groups excluding carboxylic acids is 1. The van der Waals surface area contributed by atoms with Crippen molar-refractivity contribution in [1.29, 1.82) is 0 Å². The van der Waals surface area contributed by atoms with Gasteiger partial charge in [-0.1, -0.05) is 0 Å². The van der Waals surface area contributed by atoms with Crippen LogP contribution in [0.1, 0.15) is 13.3 Å². The van der Waals surface area contributed by atoms with E-state index in [1.165, 1.54) is 6.92 Å². The van der Waals surface area contributed by atoms with Crippen molar-refractivity contribution in [1.82, 2.24) is 5.32 Å². The number of carboxylic acids is 1. The van der Waals surface area contributed by atoms with Crippen LogP contribution in [0.25, 0.3) is 0 Å². The molecule has 0 bridgehead atoms. The molecule has 0 spiro atoms. The zero-order valence-electron chi connectivity index (χ0n) is 8.38. The number of amides is 1. The van der Waals surface area contributed by atoms with Gasteiger partial charge in [-0.15, -0.1) is 0 Å². The molecular weight excluding hydrogens is 220 g/mol. The summed E-state index contributed by atoms with van der Waals surface area (Å²) in [6, 6.07) is -1.97. The summed E-state index contributed by atoms with van der Waals surface area (Å²) in [6.45, 7) is 1.50. The van der Waals surface area contributed by atoms with Gasteiger partial charge in [0.1, 0.15) is 6.04 Å². The van der Waals surface area contributed by atoms with Gasteiger partial charge < -0.3 is 21.3 Å². The maximum absolute atomic E-state index is 11.3. The lowest BCUT2D eigenvalue weighted by Gasteiger charge is -2.17. The molecule has 3 unspecified atom stereocenters. The summed E-state index contributed by atoms with van der Waals surface area (Å²) in [5, 5.41) is 19.8. The third kappa shape index (κ3) is 5.60. The Hall–Kier alpha value is -0.790. The van der Waals surface area contributed by atoms with Gasteiger partial charge in [0, 0.05) is 5.75 Å². The van der Waals surface area contributed by atoms with Crippen LogP contribution in [0.15, 0.2) is 0 Å². The Balaban J connectivity index is 4.16. The maximum Gasteiger partial charge on any atom is 0.327 e. The highest BCUT2D eigenvalue weighted by Crippen LogP contribution is 1.96. The van der Waals surface area contributed by atoms with Gasteiger partial charge in [-0.3, -0.25) is 4.79 Å². The van der Waals surface area contributed by atoms with E-state index in [4.69, 9.17) is 15.9 Å².